The Morgan fingerprint density at radius 1 is 1.32 bits per heavy atom. The molecule has 2 unspecified atom stereocenters. The number of para-hydroxylation sites is 1. The van der Waals surface area contributed by atoms with Gasteiger partial charge in [0.05, 0.1) is 26.4 Å². The molecular weight excluding hydrogens is 240 g/mol. The van der Waals surface area contributed by atoms with E-state index >= 15 is 0 Å². The topological polar surface area (TPSA) is 45.5 Å². The van der Waals surface area contributed by atoms with Crippen molar-refractivity contribution >= 4 is 0 Å². The van der Waals surface area contributed by atoms with Crippen molar-refractivity contribution in [2.45, 2.75) is 18.9 Å². The molecule has 0 aliphatic carbocycles. The minimum atomic E-state index is -0.139. The Bertz CT molecular complexity index is 450. The summed E-state index contributed by atoms with van der Waals surface area (Å²) in [5.41, 5.74) is 1.09. The molecule has 1 aliphatic rings. The third kappa shape index (κ3) is 3.06. The van der Waals surface area contributed by atoms with E-state index in [1.54, 1.807) is 7.11 Å². The van der Waals surface area contributed by atoms with Crippen LogP contribution in [0.3, 0.4) is 0 Å². The molecule has 1 aromatic rings. The minimum absolute atomic E-state index is 0.110. The van der Waals surface area contributed by atoms with Crippen LogP contribution in [0.5, 0.6) is 5.75 Å². The van der Waals surface area contributed by atoms with E-state index < -0.39 is 0 Å². The van der Waals surface area contributed by atoms with Crippen LogP contribution in [-0.2, 0) is 4.74 Å². The zero-order chi connectivity index (χ0) is 13.7. The van der Waals surface area contributed by atoms with Crippen molar-refractivity contribution in [1.29, 1.82) is 5.26 Å². The second-order valence-electron chi connectivity index (χ2n) is 4.75. The summed E-state index contributed by atoms with van der Waals surface area (Å²) in [6.45, 7) is 5.13. The van der Waals surface area contributed by atoms with E-state index in [0.29, 0.717) is 13.2 Å². The summed E-state index contributed by atoms with van der Waals surface area (Å²) in [7, 11) is 1.67. The van der Waals surface area contributed by atoms with Gasteiger partial charge in [-0.2, -0.15) is 5.26 Å². The van der Waals surface area contributed by atoms with Crippen molar-refractivity contribution in [3.63, 3.8) is 0 Å². The summed E-state index contributed by atoms with van der Waals surface area (Å²) in [6, 6.07) is 10.2. The maximum Gasteiger partial charge on any atom is 0.122 e. The van der Waals surface area contributed by atoms with Crippen LogP contribution in [0.4, 0.5) is 0 Å². The van der Waals surface area contributed by atoms with Crippen molar-refractivity contribution < 1.29 is 9.47 Å². The van der Waals surface area contributed by atoms with Crippen molar-refractivity contribution in [1.82, 2.24) is 4.90 Å². The molecule has 0 aromatic heterocycles. The summed E-state index contributed by atoms with van der Waals surface area (Å²) < 4.78 is 10.7. The van der Waals surface area contributed by atoms with Crippen LogP contribution in [0.15, 0.2) is 24.3 Å². The Labute approximate surface area is 114 Å². The fourth-order valence-corrected chi connectivity index (χ4v) is 2.58. The van der Waals surface area contributed by atoms with Crippen molar-refractivity contribution in [2.24, 2.45) is 0 Å². The molecular formula is C15H20N2O2. The van der Waals surface area contributed by atoms with Crippen molar-refractivity contribution in [3.05, 3.63) is 29.8 Å². The molecule has 1 aromatic carbocycles. The second-order valence-corrected chi connectivity index (χ2v) is 4.75. The fourth-order valence-electron chi connectivity index (χ4n) is 2.58. The highest BCUT2D eigenvalue weighted by Crippen LogP contribution is 2.30. The van der Waals surface area contributed by atoms with Crippen molar-refractivity contribution in [2.75, 3.05) is 33.4 Å². The predicted octanol–water partition coefficient (Wildman–Crippen LogP) is 2.02. The maximum atomic E-state index is 9.50. The lowest BCUT2D eigenvalue weighted by Gasteiger charge is -2.34. The molecule has 1 heterocycles. The number of benzene rings is 1. The quantitative estimate of drug-likeness (QED) is 0.831. The Morgan fingerprint density at radius 2 is 2.00 bits per heavy atom. The van der Waals surface area contributed by atoms with E-state index in [4.69, 9.17) is 9.47 Å². The van der Waals surface area contributed by atoms with Gasteiger partial charge in [0.25, 0.3) is 0 Å². The van der Waals surface area contributed by atoms with Crippen LogP contribution in [0, 0.1) is 11.3 Å². The molecule has 4 nitrogen and oxygen atoms in total. The summed E-state index contributed by atoms with van der Waals surface area (Å²) >= 11 is 0. The van der Waals surface area contributed by atoms with Crippen LogP contribution in [0.2, 0.25) is 0 Å². The third-order valence-corrected chi connectivity index (χ3v) is 3.67. The average molecular weight is 260 g/mol. The molecule has 1 saturated heterocycles. The number of rotatable bonds is 4. The molecule has 2 atom stereocenters. The zero-order valence-electron chi connectivity index (χ0n) is 11.5. The summed E-state index contributed by atoms with van der Waals surface area (Å²) in [4.78, 5) is 2.20. The number of morpholine rings is 1. The van der Waals surface area contributed by atoms with Gasteiger partial charge in [-0.1, -0.05) is 25.1 Å². The normalized spacial score (nSPS) is 19.4. The van der Waals surface area contributed by atoms with E-state index in [0.717, 1.165) is 24.4 Å². The van der Waals surface area contributed by atoms with E-state index in [9.17, 15) is 5.26 Å². The van der Waals surface area contributed by atoms with Gasteiger partial charge in [0, 0.05) is 19.0 Å². The van der Waals surface area contributed by atoms with Crippen molar-refractivity contribution in [3.8, 4) is 11.8 Å². The van der Waals surface area contributed by atoms with Gasteiger partial charge >= 0.3 is 0 Å². The molecule has 0 amide bonds. The van der Waals surface area contributed by atoms with E-state index in [2.05, 4.69) is 17.9 Å². The van der Waals surface area contributed by atoms with Crippen LogP contribution in [-0.4, -0.2) is 44.4 Å². The fraction of sp³-hybridized carbons (Fsp3) is 0.533. The zero-order valence-corrected chi connectivity index (χ0v) is 11.5. The standard InChI is InChI=1S/C15H20N2O2/c1-12(13-5-3-4-6-15(13)18-2)14(11-16)17-7-9-19-10-8-17/h3-6,12,14H,7-10H2,1-2H3. The molecule has 0 saturated carbocycles. The molecule has 0 bridgehead atoms. The highest BCUT2D eigenvalue weighted by Gasteiger charge is 2.28. The van der Waals surface area contributed by atoms with E-state index in [1.165, 1.54) is 0 Å². The molecule has 2 rings (SSSR count). The van der Waals surface area contributed by atoms with E-state index in [1.807, 2.05) is 24.3 Å². The molecule has 19 heavy (non-hydrogen) atoms. The highest BCUT2D eigenvalue weighted by molar-refractivity contribution is 5.37. The third-order valence-electron chi connectivity index (χ3n) is 3.67. The first-order chi connectivity index (χ1) is 9.27. The van der Waals surface area contributed by atoms with Gasteiger partial charge in [-0.25, -0.2) is 0 Å². The van der Waals surface area contributed by atoms with Gasteiger partial charge in [-0.3, -0.25) is 4.90 Å². The number of nitrogens with zero attached hydrogens (tertiary/aromatic N) is 2. The number of methoxy groups -OCH3 is 1. The smallest absolute Gasteiger partial charge is 0.122 e. The molecule has 1 aliphatic heterocycles. The lowest BCUT2D eigenvalue weighted by Crippen LogP contribution is -2.45. The molecule has 0 N–H and O–H groups in total. The average Bonchev–Trinajstić information content (AvgIpc) is 2.49. The van der Waals surface area contributed by atoms with Gasteiger partial charge < -0.3 is 9.47 Å². The van der Waals surface area contributed by atoms with Crippen LogP contribution in [0.1, 0.15) is 18.4 Å². The highest BCUT2D eigenvalue weighted by atomic mass is 16.5. The Balaban J connectivity index is 2.20. The predicted molar refractivity (Wildman–Crippen MR) is 73.2 cm³/mol. The monoisotopic (exact) mass is 260 g/mol. The molecule has 4 heteroatoms. The summed E-state index contributed by atoms with van der Waals surface area (Å²) in [5.74, 6) is 0.961. The van der Waals surface area contributed by atoms with Gasteiger partial charge in [0.1, 0.15) is 11.8 Å². The molecule has 0 spiro atoms. The van der Waals surface area contributed by atoms with Gasteiger partial charge in [0.15, 0.2) is 0 Å². The van der Waals surface area contributed by atoms with Gasteiger partial charge in [-0.05, 0) is 11.6 Å². The Hall–Kier alpha value is -1.57. The lowest BCUT2D eigenvalue weighted by molar-refractivity contribution is 0.0230. The van der Waals surface area contributed by atoms with Crippen LogP contribution < -0.4 is 4.74 Å². The van der Waals surface area contributed by atoms with Crippen LogP contribution in [0.25, 0.3) is 0 Å². The number of nitriles is 1. The first-order valence-electron chi connectivity index (χ1n) is 6.62. The van der Waals surface area contributed by atoms with Gasteiger partial charge in [0.2, 0.25) is 0 Å². The largest absolute Gasteiger partial charge is 0.496 e. The lowest BCUT2D eigenvalue weighted by atomic mass is 9.92. The number of hydrogen-bond acceptors (Lipinski definition) is 4. The number of ether oxygens (including phenoxy) is 2. The molecule has 1 fully saturated rings. The van der Waals surface area contributed by atoms with Crippen LogP contribution >= 0.6 is 0 Å². The second kappa shape index (κ2) is 6.55. The van der Waals surface area contributed by atoms with Gasteiger partial charge in [-0.15, -0.1) is 0 Å². The maximum absolute atomic E-state index is 9.50. The first kappa shape index (κ1) is 13.9. The molecule has 102 valence electrons. The van der Waals surface area contributed by atoms with E-state index in [-0.39, 0.29) is 12.0 Å². The number of hydrogen-bond donors (Lipinski definition) is 0. The SMILES string of the molecule is COc1ccccc1C(C)C(C#N)N1CCOCC1. The first-order valence-corrected chi connectivity index (χ1v) is 6.62. The molecule has 0 radical (unpaired) electrons. The Kier molecular flexibility index (Phi) is 4.78. The summed E-state index contributed by atoms with van der Waals surface area (Å²) in [6.07, 6.45) is 0. The minimum Gasteiger partial charge on any atom is -0.496 e. The summed E-state index contributed by atoms with van der Waals surface area (Å²) in [5, 5.41) is 9.50. The Morgan fingerprint density at radius 3 is 2.63 bits per heavy atom.